The van der Waals surface area contributed by atoms with Gasteiger partial charge in [0.2, 0.25) is 11.8 Å². The molecule has 1 aromatic carbocycles. The van der Waals surface area contributed by atoms with Crippen molar-refractivity contribution in [1.82, 2.24) is 10.2 Å². The molecule has 2 amide bonds. The standard InChI is InChI=1S/C20H28N2O4/c1-25-17-10-8-16(15-18(17)26-2)9-11-19(23)21-12-6-14-22-13-5-3-4-7-20(22)24/h8-11,15H,3-7,12-14H2,1-2H3,(H,21,23)/b11-9+. The Morgan fingerprint density at radius 3 is 2.77 bits per heavy atom. The molecule has 1 N–H and O–H groups in total. The van der Waals surface area contributed by atoms with Crippen molar-refractivity contribution in [2.75, 3.05) is 33.9 Å². The van der Waals surface area contributed by atoms with Crippen LogP contribution in [-0.2, 0) is 9.59 Å². The first-order chi connectivity index (χ1) is 12.6. The summed E-state index contributed by atoms with van der Waals surface area (Å²) in [6.07, 6.45) is 7.84. The number of amides is 2. The van der Waals surface area contributed by atoms with Crippen molar-refractivity contribution in [2.24, 2.45) is 0 Å². The lowest BCUT2D eigenvalue weighted by Gasteiger charge is -2.20. The minimum absolute atomic E-state index is 0.151. The number of nitrogens with zero attached hydrogens (tertiary/aromatic N) is 1. The zero-order valence-electron chi connectivity index (χ0n) is 15.6. The number of hydrogen-bond acceptors (Lipinski definition) is 4. The van der Waals surface area contributed by atoms with Crippen molar-refractivity contribution in [2.45, 2.75) is 32.1 Å². The van der Waals surface area contributed by atoms with Crippen LogP contribution in [0.25, 0.3) is 6.08 Å². The summed E-state index contributed by atoms with van der Waals surface area (Å²) >= 11 is 0. The number of hydrogen-bond donors (Lipinski definition) is 1. The van der Waals surface area contributed by atoms with Crippen LogP contribution < -0.4 is 14.8 Å². The van der Waals surface area contributed by atoms with Crippen LogP contribution in [0.4, 0.5) is 0 Å². The Morgan fingerprint density at radius 2 is 2.00 bits per heavy atom. The van der Waals surface area contributed by atoms with Gasteiger partial charge in [-0.25, -0.2) is 0 Å². The molecule has 6 heteroatoms. The third-order valence-corrected chi connectivity index (χ3v) is 4.41. The molecule has 1 saturated heterocycles. The number of methoxy groups -OCH3 is 2. The second-order valence-corrected chi connectivity index (χ2v) is 6.28. The van der Waals surface area contributed by atoms with Gasteiger partial charge < -0.3 is 19.7 Å². The molecule has 1 aliphatic heterocycles. The minimum atomic E-state index is -0.151. The molecule has 0 saturated carbocycles. The maximum Gasteiger partial charge on any atom is 0.244 e. The number of ether oxygens (including phenoxy) is 2. The van der Waals surface area contributed by atoms with E-state index < -0.39 is 0 Å². The summed E-state index contributed by atoms with van der Waals surface area (Å²) < 4.78 is 10.4. The Kier molecular flexibility index (Phi) is 7.99. The Labute approximate surface area is 155 Å². The monoisotopic (exact) mass is 360 g/mol. The Morgan fingerprint density at radius 1 is 1.19 bits per heavy atom. The first kappa shape index (κ1) is 19.8. The van der Waals surface area contributed by atoms with Crippen LogP contribution in [0.1, 0.15) is 37.7 Å². The van der Waals surface area contributed by atoms with Gasteiger partial charge in [0.15, 0.2) is 11.5 Å². The van der Waals surface area contributed by atoms with Gasteiger partial charge in [0.05, 0.1) is 14.2 Å². The molecule has 0 aromatic heterocycles. The third-order valence-electron chi connectivity index (χ3n) is 4.41. The minimum Gasteiger partial charge on any atom is -0.493 e. The van der Waals surface area contributed by atoms with E-state index >= 15 is 0 Å². The predicted octanol–water partition coefficient (Wildman–Crippen LogP) is 2.63. The normalized spacial score (nSPS) is 15.0. The molecule has 142 valence electrons. The van der Waals surface area contributed by atoms with Crippen molar-refractivity contribution in [1.29, 1.82) is 0 Å². The smallest absolute Gasteiger partial charge is 0.244 e. The van der Waals surface area contributed by atoms with Crippen LogP contribution >= 0.6 is 0 Å². The van der Waals surface area contributed by atoms with E-state index in [9.17, 15) is 9.59 Å². The quantitative estimate of drug-likeness (QED) is 0.572. The summed E-state index contributed by atoms with van der Waals surface area (Å²) in [5.41, 5.74) is 0.855. The Hall–Kier alpha value is -2.50. The second-order valence-electron chi connectivity index (χ2n) is 6.28. The number of likely N-dealkylation sites (tertiary alicyclic amines) is 1. The highest BCUT2D eigenvalue weighted by Crippen LogP contribution is 2.27. The van der Waals surface area contributed by atoms with Crippen molar-refractivity contribution in [3.63, 3.8) is 0 Å². The second kappa shape index (κ2) is 10.5. The van der Waals surface area contributed by atoms with Gasteiger partial charge in [0, 0.05) is 32.1 Å². The van der Waals surface area contributed by atoms with Crippen LogP contribution in [0, 0.1) is 0 Å². The average Bonchev–Trinajstić information content (AvgIpc) is 2.87. The summed E-state index contributed by atoms with van der Waals surface area (Å²) in [5.74, 6) is 1.36. The van der Waals surface area contributed by atoms with Gasteiger partial charge in [-0.15, -0.1) is 0 Å². The van der Waals surface area contributed by atoms with E-state index in [1.54, 1.807) is 26.4 Å². The molecule has 0 bridgehead atoms. The summed E-state index contributed by atoms with van der Waals surface area (Å²) in [7, 11) is 3.16. The van der Waals surface area contributed by atoms with Crippen molar-refractivity contribution < 1.29 is 19.1 Å². The molecule has 1 aliphatic rings. The van der Waals surface area contributed by atoms with E-state index in [0.29, 0.717) is 31.0 Å². The van der Waals surface area contributed by atoms with Gasteiger partial charge in [-0.1, -0.05) is 12.5 Å². The lowest BCUT2D eigenvalue weighted by molar-refractivity contribution is -0.130. The van der Waals surface area contributed by atoms with Crippen LogP contribution in [-0.4, -0.2) is 50.6 Å². The topological polar surface area (TPSA) is 67.9 Å². The molecular weight excluding hydrogens is 332 g/mol. The molecule has 0 spiro atoms. The van der Waals surface area contributed by atoms with Gasteiger partial charge >= 0.3 is 0 Å². The number of carbonyl (C=O) groups is 2. The van der Waals surface area contributed by atoms with E-state index in [1.807, 2.05) is 17.0 Å². The highest BCUT2D eigenvalue weighted by Gasteiger charge is 2.15. The number of benzene rings is 1. The predicted molar refractivity (Wildman–Crippen MR) is 101 cm³/mol. The molecule has 1 aromatic rings. The maximum atomic E-state index is 11.9. The first-order valence-corrected chi connectivity index (χ1v) is 9.09. The van der Waals surface area contributed by atoms with Gasteiger partial charge in [-0.2, -0.15) is 0 Å². The van der Waals surface area contributed by atoms with Gasteiger partial charge in [0.1, 0.15) is 0 Å². The highest BCUT2D eigenvalue weighted by molar-refractivity contribution is 5.91. The van der Waals surface area contributed by atoms with Gasteiger partial charge in [-0.3, -0.25) is 9.59 Å². The Balaban J connectivity index is 1.74. The van der Waals surface area contributed by atoms with E-state index in [2.05, 4.69) is 5.32 Å². The van der Waals surface area contributed by atoms with Crippen LogP contribution in [0.5, 0.6) is 11.5 Å². The van der Waals surface area contributed by atoms with Gasteiger partial charge in [-0.05, 0) is 43.0 Å². The zero-order chi connectivity index (χ0) is 18.8. The maximum absolute atomic E-state index is 11.9. The van der Waals surface area contributed by atoms with Crippen molar-refractivity contribution in [3.8, 4) is 11.5 Å². The molecule has 1 fully saturated rings. The molecule has 26 heavy (non-hydrogen) atoms. The molecule has 0 aliphatic carbocycles. The van der Waals surface area contributed by atoms with E-state index in [-0.39, 0.29) is 11.8 Å². The van der Waals surface area contributed by atoms with Crippen LogP contribution in [0.2, 0.25) is 0 Å². The highest BCUT2D eigenvalue weighted by atomic mass is 16.5. The van der Waals surface area contributed by atoms with Gasteiger partial charge in [0.25, 0.3) is 0 Å². The fourth-order valence-corrected chi connectivity index (χ4v) is 2.94. The number of nitrogens with one attached hydrogen (secondary N) is 1. The Bertz CT molecular complexity index is 643. The lowest BCUT2D eigenvalue weighted by atomic mass is 10.2. The zero-order valence-corrected chi connectivity index (χ0v) is 15.6. The SMILES string of the molecule is COc1ccc(/C=C/C(=O)NCCCN2CCCCCC2=O)cc1OC. The van der Waals surface area contributed by atoms with Crippen LogP contribution in [0.15, 0.2) is 24.3 Å². The molecule has 1 heterocycles. The van der Waals surface area contributed by atoms with Crippen molar-refractivity contribution >= 4 is 17.9 Å². The van der Waals surface area contributed by atoms with Crippen LogP contribution in [0.3, 0.4) is 0 Å². The fourth-order valence-electron chi connectivity index (χ4n) is 2.94. The third kappa shape index (κ3) is 6.10. The molecule has 6 nitrogen and oxygen atoms in total. The molecule has 0 radical (unpaired) electrons. The first-order valence-electron chi connectivity index (χ1n) is 9.09. The molecular formula is C20H28N2O4. The number of carbonyl (C=O) groups excluding carboxylic acids is 2. The lowest BCUT2D eigenvalue weighted by Crippen LogP contribution is -2.33. The largest absolute Gasteiger partial charge is 0.493 e. The van der Waals surface area contributed by atoms with E-state index in [0.717, 1.165) is 37.8 Å². The summed E-state index contributed by atoms with van der Waals surface area (Å²) in [6.45, 7) is 2.10. The van der Waals surface area contributed by atoms with E-state index in [1.165, 1.54) is 6.08 Å². The average molecular weight is 360 g/mol. The van der Waals surface area contributed by atoms with Crippen molar-refractivity contribution in [3.05, 3.63) is 29.8 Å². The number of rotatable bonds is 8. The fraction of sp³-hybridized carbons (Fsp3) is 0.500. The summed E-state index contributed by atoms with van der Waals surface area (Å²) in [5, 5.41) is 2.85. The molecule has 0 atom stereocenters. The molecule has 2 rings (SSSR count). The summed E-state index contributed by atoms with van der Waals surface area (Å²) in [4.78, 5) is 25.8. The molecule has 0 unspecified atom stereocenters. The van der Waals surface area contributed by atoms with E-state index in [4.69, 9.17) is 9.47 Å². The summed E-state index contributed by atoms with van der Waals surface area (Å²) in [6, 6.07) is 5.47.